The van der Waals surface area contributed by atoms with Gasteiger partial charge in [-0.05, 0) is 60.8 Å². The maximum atomic E-state index is 13.4. The van der Waals surface area contributed by atoms with E-state index in [0.717, 1.165) is 11.3 Å². The zero-order valence-corrected chi connectivity index (χ0v) is 24.5. The van der Waals surface area contributed by atoms with Crippen molar-refractivity contribution in [1.29, 1.82) is 0 Å². The van der Waals surface area contributed by atoms with Gasteiger partial charge >= 0.3 is 6.03 Å². The Hall–Kier alpha value is -3.68. The van der Waals surface area contributed by atoms with Crippen LogP contribution >= 0.6 is 11.3 Å². The molecule has 1 aliphatic heterocycles. The molecule has 0 aliphatic carbocycles. The van der Waals surface area contributed by atoms with E-state index in [0.29, 0.717) is 17.0 Å². The third-order valence-corrected chi connectivity index (χ3v) is 9.60. The van der Waals surface area contributed by atoms with E-state index in [9.17, 15) is 27.5 Å². The molecule has 3 aromatic rings. The number of halogens is 1. The molecule has 10 nitrogen and oxygen atoms in total. The van der Waals surface area contributed by atoms with Gasteiger partial charge in [-0.1, -0.05) is 13.0 Å². The number of hydrogen-bond acceptors (Lipinski definition) is 7. The number of carbonyl (C=O) groups is 2. The van der Waals surface area contributed by atoms with Crippen LogP contribution in [0.5, 0.6) is 5.75 Å². The van der Waals surface area contributed by atoms with Crippen molar-refractivity contribution >= 4 is 44.7 Å². The second-order valence-corrected chi connectivity index (χ2v) is 12.9. The molecule has 1 aromatic heterocycles. The molecule has 13 heteroatoms. The van der Waals surface area contributed by atoms with Gasteiger partial charge in [-0.25, -0.2) is 17.6 Å². The highest BCUT2D eigenvalue weighted by atomic mass is 32.2. The van der Waals surface area contributed by atoms with Crippen LogP contribution in [0.25, 0.3) is 0 Å². The van der Waals surface area contributed by atoms with Crippen LogP contribution in [-0.4, -0.2) is 74.2 Å². The van der Waals surface area contributed by atoms with Crippen molar-refractivity contribution in [2.75, 3.05) is 36.8 Å². The van der Waals surface area contributed by atoms with Gasteiger partial charge in [0.05, 0.1) is 25.6 Å². The number of likely N-dealkylation sites (N-methyl/N-ethyl adjacent to an activating group) is 1. The maximum Gasteiger partial charge on any atom is 0.321 e. The number of urea groups is 1. The third-order valence-electron chi connectivity index (χ3n) is 6.82. The van der Waals surface area contributed by atoms with Gasteiger partial charge in [-0.15, -0.1) is 11.3 Å². The van der Waals surface area contributed by atoms with Crippen LogP contribution in [0.4, 0.5) is 20.6 Å². The molecule has 0 bridgehead atoms. The van der Waals surface area contributed by atoms with Crippen molar-refractivity contribution in [3.05, 3.63) is 71.4 Å². The van der Waals surface area contributed by atoms with Crippen LogP contribution < -0.4 is 14.8 Å². The lowest BCUT2D eigenvalue weighted by Crippen LogP contribution is -2.48. The number of nitrogens with one attached hydrogen (secondary N) is 2. The van der Waals surface area contributed by atoms with Crippen LogP contribution in [0.15, 0.2) is 64.2 Å². The summed E-state index contributed by atoms with van der Waals surface area (Å²) < 4.78 is 47.9. The molecular formula is C28H33FN4O6S2. The minimum atomic E-state index is -3.81. The number of amides is 3. The molecule has 0 spiro atoms. The average molecular weight is 605 g/mol. The number of aliphatic hydroxyl groups is 1. The number of ether oxygens (including phenoxy) is 1. The molecule has 2 heterocycles. The van der Waals surface area contributed by atoms with E-state index < -0.39 is 34.0 Å². The van der Waals surface area contributed by atoms with Gasteiger partial charge in [0, 0.05) is 36.4 Å². The number of nitrogens with zero attached hydrogens (tertiary/aromatic N) is 2. The average Bonchev–Trinajstić information content (AvgIpc) is 3.50. The fourth-order valence-electron chi connectivity index (χ4n) is 4.44. The lowest BCUT2D eigenvalue weighted by molar-refractivity contribution is -0.134. The van der Waals surface area contributed by atoms with Crippen LogP contribution in [0.3, 0.4) is 0 Å². The topological polar surface area (TPSA) is 128 Å². The first-order chi connectivity index (χ1) is 19.5. The Bertz CT molecular complexity index is 1470. The molecule has 0 radical (unpaired) electrons. The molecule has 4 rings (SSSR count). The van der Waals surface area contributed by atoms with E-state index in [4.69, 9.17) is 4.74 Å². The highest BCUT2D eigenvalue weighted by Gasteiger charge is 2.32. The molecule has 0 saturated heterocycles. The van der Waals surface area contributed by atoms with E-state index in [-0.39, 0.29) is 47.8 Å². The number of carbonyl (C=O) groups excluding carboxylic acids is 2. The molecular weight excluding hydrogens is 571 g/mol. The Labute approximate surface area is 242 Å². The second-order valence-electron chi connectivity index (χ2n) is 10.1. The van der Waals surface area contributed by atoms with Crippen molar-refractivity contribution < 1.29 is 32.2 Å². The molecule has 41 heavy (non-hydrogen) atoms. The summed E-state index contributed by atoms with van der Waals surface area (Å²) in [5.41, 5.74) is 1.17. The van der Waals surface area contributed by atoms with Crippen molar-refractivity contribution in [1.82, 2.24) is 9.80 Å². The first kappa shape index (κ1) is 30.3. The molecule has 0 fully saturated rings. The standard InChI is InChI=1S/C28H33FN4O6S2/c1-18-15-33(19(2)17-34)26(35)14-20-13-23(31-41(37,38)27-5-4-12-40-27)10-11-24(20)39-25(18)16-32(3)28(36)30-22-8-6-21(29)7-9-22/h4-13,18-19,25,31,34H,14-17H2,1-3H3,(H,30,36)/t18-,19+,25+/m0/s1. The number of thiophene rings is 1. The number of hydrogen-bond donors (Lipinski definition) is 3. The van der Waals surface area contributed by atoms with Gasteiger partial charge in [0.2, 0.25) is 5.91 Å². The van der Waals surface area contributed by atoms with Gasteiger partial charge in [0.1, 0.15) is 21.9 Å². The summed E-state index contributed by atoms with van der Waals surface area (Å²) in [4.78, 5) is 29.3. The Morgan fingerprint density at radius 1 is 1.22 bits per heavy atom. The summed E-state index contributed by atoms with van der Waals surface area (Å²) in [5, 5.41) is 14.2. The molecule has 0 saturated carbocycles. The van der Waals surface area contributed by atoms with Gasteiger partial charge in [0.25, 0.3) is 10.0 Å². The first-order valence-corrected chi connectivity index (χ1v) is 15.4. The Balaban J connectivity index is 1.60. The van der Waals surface area contributed by atoms with Crippen LogP contribution in [0.1, 0.15) is 19.4 Å². The summed E-state index contributed by atoms with van der Waals surface area (Å²) in [6.07, 6.45) is -0.639. The number of rotatable bonds is 8. The predicted molar refractivity (Wildman–Crippen MR) is 155 cm³/mol. The SMILES string of the molecule is C[C@H](CO)N1C[C@H](C)[C@@H](CN(C)C(=O)Nc2ccc(F)cc2)Oc2ccc(NS(=O)(=O)c3cccs3)cc2CC1=O. The minimum absolute atomic E-state index is 0.0748. The normalized spacial score (nSPS) is 18.3. The summed E-state index contributed by atoms with van der Waals surface area (Å²) in [5.74, 6) is -0.525. The number of aliphatic hydroxyl groups excluding tert-OH is 1. The van der Waals surface area contributed by atoms with Crippen LogP contribution in [-0.2, 0) is 21.2 Å². The molecule has 220 valence electrons. The van der Waals surface area contributed by atoms with Crippen LogP contribution in [0, 0.1) is 11.7 Å². The number of fused-ring (bicyclic) bond motifs is 1. The summed E-state index contributed by atoms with van der Waals surface area (Å²) >= 11 is 1.09. The lowest BCUT2D eigenvalue weighted by Gasteiger charge is -2.34. The van der Waals surface area contributed by atoms with E-state index in [1.807, 2.05) is 6.92 Å². The Morgan fingerprint density at radius 3 is 2.59 bits per heavy atom. The van der Waals surface area contributed by atoms with E-state index in [2.05, 4.69) is 10.0 Å². The zero-order chi connectivity index (χ0) is 29.7. The molecule has 3 amide bonds. The summed E-state index contributed by atoms with van der Waals surface area (Å²) in [7, 11) is -2.21. The van der Waals surface area contributed by atoms with Gasteiger partial charge in [-0.2, -0.15) is 0 Å². The van der Waals surface area contributed by atoms with E-state index in [1.54, 1.807) is 48.5 Å². The minimum Gasteiger partial charge on any atom is -0.488 e. The van der Waals surface area contributed by atoms with E-state index in [1.165, 1.54) is 35.2 Å². The maximum absolute atomic E-state index is 13.4. The van der Waals surface area contributed by atoms with Crippen molar-refractivity contribution in [2.45, 2.75) is 36.6 Å². The quantitative estimate of drug-likeness (QED) is 0.357. The molecule has 3 atom stereocenters. The highest BCUT2D eigenvalue weighted by molar-refractivity contribution is 7.94. The van der Waals surface area contributed by atoms with Gasteiger partial charge in [-0.3, -0.25) is 9.52 Å². The summed E-state index contributed by atoms with van der Waals surface area (Å²) in [6.45, 7) is 3.82. The Morgan fingerprint density at radius 2 is 1.93 bits per heavy atom. The molecule has 1 aliphatic rings. The smallest absolute Gasteiger partial charge is 0.321 e. The Kier molecular flexibility index (Phi) is 9.51. The van der Waals surface area contributed by atoms with E-state index >= 15 is 0 Å². The van der Waals surface area contributed by atoms with Crippen molar-refractivity contribution in [3.8, 4) is 5.75 Å². The molecule has 2 aromatic carbocycles. The van der Waals surface area contributed by atoms with Crippen LogP contribution in [0.2, 0.25) is 0 Å². The third kappa shape index (κ3) is 7.54. The summed E-state index contributed by atoms with van der Waals surface area (Å²) in [6, 6.07) is 12.4. The van der Waals surface area contributed by atoms with Gasteiger partial charge in [0.15, 0.2) is 0 Å². The number of benzene rings is 2. The second kappa shape index (κ2) is 12.9. The highest BCUT2D eigenvalue weighted by Crippen LogP contribution is 2.30. The first-order valence-electron chi connectivity index (χ1n) is 13.0. The predicted octanol–water partition coefficient (Wildman–Crippen LogP) is 4.00. The van der Waals surface area contributed by atoms with Crippen molar-refractivity contribution in [3.63, 3.8) is 0 Å². The zero-order valence-electron chi connectivity index (χ0n) is 22.9. The van der Waals surface area contributed by atoms with Crippen molar-refractivity contribution in [2.24, 2.45) is 5.92 Å². The molecule has 0 unspecified atom stereocenters. The largest absolute Gasteiger partial charge is 0.488 e. The fraction of sp³-hybridized carbons (Fsp3) is 0.357. The number of sulfonamides is 1. The van der Waals surface area contributed by atoms with Gasteiger partial charge < -0.3 is 25.0 Å². The molecule has 3 N–H and O–H groups in total. The fourth-order valence-corrected chi connectivity index (χ4v) is 6.48. The number of anilines is 2. The lowest BCUT2D eigenvalue weighted by atomic mass is 10.0. The monoisotopic (exact) mass is 604 g/mol.